The maximum Gasteiger partial charge on any atom is 0.416 e. The Hall–Kier alpha value is -1.00. The van der Waals surface area contributed by atoms with E-state index in [0.717, 1.165) is 17.7 Å². The predicted octanol–water partition coefficient (Wildman–Crippen LogP) is 3.92. The van der Waals surface area contributed by atoms with Gasteiger partial charge < -0.3 is 5.11 Å². The molecule has 0 aliphatic heterocycles. The van der Waals surface area contributed by atoms with E-state index in [2.05, 4.69) is 6.58 Å². The van der Waals surface area contributed by atoms with Crippen LogP contribution in [0.1, 0.15) is 24.0 Å². The number of hydrogen-bond acceptors (Lipinski definition) is 1. The molecule has 1 aromatic carbocycles. The van der Waals surface area contributed by atoms with Crippen molar-refractivity contribution >= 4 is 11.6 Å². The van der Waals surface area contributed by atoms with E-state index < -0.39 is 16.8 Å². The largest absolute Gasteiger partial charge is 0.416 e. The second-order valence-corrected chi connectivity index (χ2v) is 5.25. The third kappa shape index (κ3) is 2.15. The van der Waals surface area contributed by atoms with Crippen LogP contribution < -0.4 is 0 Å². The van der Waals surface area contributed by atoms with Gasteiger partial charge in [0, 0.05) is 11.8 Å². The Labute approximate surface area is 108 Å². The second kappa shape index (κ2) is 4.00. The number of hydrogen-bond donors (Lipinski definition) is 1. The lowest BCUT2D eigenvalue weighted by Gasteiger charge is -2.07. The molecule has 0 spiro atoms. The van der Waals surface area contributed by atoms with E-state index in [0.29, 0.717) is 5.56 Å². The van der Waals surface area contributed by atoms with Gasteiger partial charge in [-0.25, -0.2) is 0 Å². The first-order valence-electron chi connectivity index (χ1n) is 5.39. The molecule has 0 saturated heterocycles. The zero-order chi connectivity index (χ0) is 13.7. The molecule has 18 heavy (non-hydrogen) atoms. The van der Waals surface area contributed by atoms with Crippen molar-refractivity contribution in [1.29, 1.82) is 0 Å². The topological polar surface area (TPSA) is 20.2 Å². The molecular formula is C13H12ClF3O. The SMILES string of the molecule is C=C(C)C1C(c2ccc(C(F)(F)F)cc2)C1(O)Cl. The smallest absolute Gasteiger partial charge is 0.374 e. The number of alkyl halides is 4. The third-order valence-corrected chi connectivity index (χ3v) is 3.69. The van der Waals surface area contributed by atoms with E-state index >= 15 is 0 Å². The maximum absolute atomic E-state index is 12.4. The van der Waals surface area contributed by atoms with Crippen LogP contribution in [0.4, 0.5) is 13.2 Å². The fourth-order valence-corrected chi connectivity index (χ4v) is 2.78. The Morgan fingerprint density at radius 1 is 1.33 bits per heavy atom. The Morgan fingerprint density at radius 3 is 2.17 bits per heavy atom. The molecule has 0 heterocycles. The summed E-state index contributed by atoms with van der Waals surface area (Å²) in [4.78, 5) is 0. The highest BCUT2D eigenvalue weighted by Gasteiger charge is 2.64. The summed E-state index contributed by atoms with van der Waals surface area (Å²) in [6, 6.07) is 4.69. The summed E-state index contributed by atoms with van der Waals surface area (Å²) in [7, 11) is 0. The first-order valence-corrected chi connectivity index (χ1v) is 5.77. The van der Waals surface area contributed by atoms with Gasteiger partial charge in [-0.3, -0.25) is 0 Å². The molecule has 98 valence electrons. The fourth-order valence-electron chi connectivity index (χ4n) is 2.28. The first kappa shape index (κ1) is 13.4. The minimum absolute atomic E-state index is 0.309. The van der Waals surface area contributed by atoms with Crippen LogP contribution in [-0.2, 0) is 6.18 Å². The average molecular weight is 277 g/mol. The molecule has 0 amide bonds. The molecule has 5 heteroatoms. The average Bonchev–Trinajstić information content (AvgIpc) is 2.80. The molecular weight excluding hydrogens is 265 g/mol. The minimum Gasteiger partial charge on any atom is -0.374 e. The van der Waals surface area contributed by atoms with E-state index in [1.807, 2.05) is 0 Å². The van der Waals surface area contributed by atoms with Gasteiger partial charge in [0.1, 0.15) is 0 Å². The quantitative estimate of drug-likeness (QED) is 0.641. The molecule has 3 atom stereocenters. The van der Waals surface area contributed by atoms with Crippen molar-refractivity contribution in [2.45, 2.75) is 24.1 Å². The highest BCUT2D eigenvalue weighted by Crippen LogP contribution is 2.63. The van der Waals surface area contributed by atoms with Gasteiger partial charge in [0.05, 0.1) is 5.56 Å². The fraction of sp³-hybridized carbons (Fsp3) is 0.385. The van der Waals surface area contributed by atoms with E-state index in [1.54, 1.807) is 6.92 Å². The summed E-state index contributed by atoms with van der Waals surface area (Å²) < 4.78 is 37.2. The zero-order valence-electron chi connectivity index (χ0n) is 9.63. The zero-order valence-corrected chi connectivity index (χ0v) is 10.4. The highest BCUT2D eigenvalue weighted by atomic mass is 35.5. The third-order valence-electron chi connectivity index (χ3n) is 3.22. The molecule has 1 nitrogen and oxygen atoms in total. The summed E-state index contributed by atoms with van der Waals surface area (Å²) in [5.74, 6) is -0.699. The van der Waals surface area contributed by atoms with Gasteiger partial charge in [0.15, 0.2) is 5.06 Å². The lowest BCUT2D eigenvalue weighted by atomic mass is 10.0. The van der Waals surface area contributed by atoms with Crippen LogP contribution in [0.5, 0.6) is 0 Å². The normalized spacial score (nSPS) is 31.2. The predicted molar refractivity (Wildman–Crippen MR) is 63.3 cm³/mol. The lowest BCUT2D eigenvalue weighted by Crippen LogP contribution is -2.05. The van der Waals surface area contributed by atoms with Crippen LogP contribution in [-0.4, -0.2) is 10.2 Å². The van der Waals surface area contributed by atoms with Gasteiger partial charge in [-0.05, 0) is 24.6 Å². The van der Waals surface area contributed by atoms with E-state index in [1.165, 1.54) is 12.1 Å². The van der Waals surface area contributed by atoms with Crippen LogP contribution in [0.3, 0.4) is 0 Å². The Morgan fingerprint density at radius 2 is 1.83 bits per heavy atom. The Balaban J connectivity index is 2.25. The van der Waals surface area contributed by atoms with Crippen LogP contribution in [0.2, 0.25) is 0 Å². The summed E-state index contributed by atoms with van der Waals surface area (Å²) >= 11 is 5.90. The summed E-state index contributed by atoms with van der Waals surface area (Å²) in [6.45, 7) is 5.46. The van der Waals surface area contributed by atoms with Crippen molar-refractivity contribution in [2.75, 3.05) is 0 Å². The number of benzene rings is 1. The molecule has 1 fully saturated rings. The van der Waals surface area contributed by atoms with E-state index in [-0.39, 0.29) is 11.8 Å². The molecule has 1 N–H and O–H groups in total. The van der Waals surface area contributed by atoms with E-state index in [9.17, 15) is 18.3 Å². The molecule has 1 saturated carbocycles. The van der Waals surface area contributed by atoms with Crippen LogP contribution >= 0.6 is 11.6 Å². The van der Waals surface area contributed by atoms with Crippen LogP contribution in [0.15, 0.2) is 36.4 Å². The van der Waals surface area contributed by atoms with Crippen LogP contribution in [0.25, 0.3) is 0 Å². The summed E-state index contributed by atoms with van der Waals surface area (Å²) in [6.07, 6.45) is -4.35. The van der Waals surface area contributed by atoms with Gasteiger partial charge in [-0.2, -0.15) is 13.2 Å². The van der Waals surface area contributed by atoms with Crippen molar-refractivity contribution in [1.82, 2.24) is 0 Å². The Bertz CT molecular complexity index is 476. The molecule has 1 aromatic rings. The number of aliphatic hydroxyl groups is 1. The van der Waals surface area contributed by atoms with Crippen molar-refractivity contribution in [3.63, 3.8) is 0 Å². The van der Waals surface area contributed by atoms with Gasteiger partial charge in [-0.15, -0.1) is 0 Å². The molecule has 1 aliphatic rings. The highest BCUT2D eigenvalue weighted by molar-refractivity contribution is 6.26. The van der Waals surface area contributed by atoms with Crippen molar-refractivity contribution in [3.8, 4) is 0 Å². The minimum atomic E-state index is -4.35. The van der Waals surface area contributed by atoms with Crippen molar-refractivity contribution in [2.24, 2.45) is 5.92 Å². The van der Waals surface area contributed by atoms with E-state index in [4.69, 9.17) is 11.6 Å². The molecule has 0 radical (unpaired) electrons. The molecule has 2 rings (SSSR count). The lowest BCUT2D eigenvalue weighted by molar-refractivity contribution is -0.137. The second-order valence-electron chi connectivity index (χ2n) is 4.65. The van der Waals surface area contributed by atoms with Gasteiger partial charge >= 0.3 is 6.18 Å². The standard InChI is InChI=1S/C13H12ClF3O/c1-7(2)10-11(12(10,14)18)8-3-5-9(6-4-8)13(15,16)17/h3-6,10-11,18H,1H2,2H3. The number of halogens is 4. The first-order chi connectivity index (χ1) is 8.15. The summed E-state index contributed by atoms with van der Waals surface area (Å²) in [5.41, 5.74) is 0.600. The van der Waals surface area contributed by atoms with Gasteiger partial charge in [-0.1, -0.05) is 35.9 Å². The van der Waals surface area contributed by atoms with Gasteiger partial charge in [0.25, 0.3) is 0 Å². The van der Waals surface area contributed by atoms with Crippen molar-refractivity contribution in [3.05, 3.63) is 47.5 Å². The molecule has 0 aromatic heterocycles. The monoisotopic (exact) mass is 276 g/mol. The molecule has 1 aliphatic carbocycles. The van der Waals surface area contributed by atoms with Gasteiger partial charge in [0.2, 0.25) is 0 Å². The molecule has 3 unspecified atom stereocenters. The number of rotatable bonds is 2. The van der Waals surface area contributed by atoms with Crippen LogP contribution in [0, 0.1) is 5.92 Å². The molecule has 0 bridgehead atoms. The van der Waals surface area contributed by atoms with Crippen molar-refractivity contribution < 1.29 is 18.3 Å². The summed E-state index contributed by atoms with van der Waals surface area (Å²) in [5, 5.41) is 8.46. The maximum atomic E-state index is 12.4. The Kier molecular flexibility index (Phi) is 2.98.